The van der Waals surface area contributed by atoms with E-state index < -0.39 is 17.9 Å². The molecule has 1 aliphatic rings. The second kappa shape index (κ2) is 12.0. The minimum atomic E-state index is -1.11. The van der Waals surface area contributed by atoms with Crippen LogP contribution in [0.25, 0.3) is 0 Å². The number of amides is 1. The predicted octanol–water partition coefficient (Wildman–Crippen LogP) is 3.16. The van der Waals surface area contributed by atoms with Crippen molar-refractivity contribution < 1.29 is 43.0 Å². The highest BCUT2D eigenvalue weighted by atomic mass is 32.2. The first-order chi connectivity index (χ1) is 16.7. The monoisotopic (exact) mass is 508 g/mol. The Kier molecular flexibility index (Phi) is 9.04. The minimum Gasteiger partial charge on any atom is -0.496 e. The van der Waals surface area contributed by atoms with Crippen molar-refractivity contribution in [1.29, 1.82) is 0 Å². The van der Waals surface area contributed by atoms with Crippen molar-refractivity contribution in [2.75, 3.05) is 20.5 Å². The third-order valence-electron chi connectivity index (χ3n) is 5.42. The van der Waals surface area contributed by atoms with E-state index in [0.29, 0.717) is 17.2 Å². The number of fused-ring (bicyclic) bond motifs is 1. The van der Waals surface area contributed by atoms with Crippen LogP contribution in [0, 0.1) is 20.8 Å². The average molecular weight is 509 g/mol. The number of methoxy groups -OCH3 is 1. The Morgan fingerprint density at radius 2 is 1.91 bits per heavy atom. The van der Waals surface area contributed by atoms with Crippen LogP contribution in [0.5, 0.6) is 23.0 Å². The molecule has 0 fully saturated rings. The average Bonchev–Trinajstić information content (AvgIpc) is 3.30. The van der Waals surface area contributed by atoms with E-state index in [-0.39, 0.29) is 19.9 Å². The van der Waals surface area contributed by atoms with Crippen molar-refractivity contribution in [2.45, 2.75) is 40.3 Å². The fraction of sp³-hybridized carbons (Fsp3) is 0.391. The number of nitrogens with one attached hydrogen (secondary N) is 1. The second-order valence-corrected chi connectivity index (χ2v) is 8.51. The first-order valence-electron chi connectivity index (χ1n) is 10.6. The molecule has 0 aliphatic carbocycles. The predicted molar refractivity (Wildman–Crippen MR) is 125 cm³/mol. The molecule has 190 valence electrons. The van der Waals surface area contributed by atoms with Gasteiger partial charge in [-0.1, -0.05) is 10.4 Å². The van der Waals surface area contributed by atoms with Gasteiger partial charge < -0.3 is 23.8 Å². The quantitative estimate of drug-likeness (QED) is 0.116. The topological polar surface area (TPSA) is 125 Å². The number of carbonyl (C=O) groups is 2. The van der Waals surface area contributed by atoms with Gasteiger partial charge in [-0.15, -0.1) is 0 Å². The molecule has 1 amide bonds. The summed E-state index contributed by atoms with van der Waals surface area (Å²) in [7, 11) is 1.59. The maximum absolute atomic E-state index is 12.4. The normalized spacial score (nSPS) is 12.9. The van der Waals surface area contributed by atoms with Gasteiger partial charge in [0, 0.05) is 19.0 Å². The second-order valence-electron chi connectivity index (χ2n) is 7.76. The molecule has 2 N–H and O–H groups in total. The summed E-state index contributed by atoms with van der Waals surface area (Å²) in [6.07, 6.45) is 0. The molecule has 0 saturated carbocycles. The molecule has 1 heterocycles. The van der Waals surface area contributed by atoms with E-state index in [1.807, 2.05) is 26.8 Å². The van der Waals surface area contributed by atoms with Crippen molar-refractivity contribution in [3.63, 3.8) is 0 Å². The van der Waals surface area contributed by atoms with Crippen LogP contribution < -0.4 is 24.6 Å². The summed E-state index contributed by atoms with van der Waals surface area (Å²) in [5.74, 6) is 1.03. The molecule has 0 radical (unpaired) electrons. The molecule has 0 aromatic heterocycles. The van der Waals surface area contributed by atoms with Crippen molar-refractivity contribution in [3.05, 3.63) is 46.5 Å². The zero-order valence-corrected chi connectivity index (χ0v) is 20.9. The summed E-state index contributed by atoms with van der Waals surface area (Å²) >= 11 is 0.726. The van der Waals surface area contributed by atoms with Gasteiger partial charge in [0.15, 0.2) is 17.2 Å². The fourth-order valence-electron chi connectivity index (χ4n) is 3.42. The molecular weight excluding hydrogens is 480 g/mol. The highest BCUT2D eigenvalue weighted by Crippen LogP contribution is 2.36. The van der Waals surface area contributed by atoms with Crippen LogP contribution >= 0.6 is 12.2 Å². The van der Waals surface area contributed by atoms with Crippen LogP contribution in [-0.2, 0) is 25.2 Å². The highest BCUT2D eigenvalue weighted by molar-refractivity contribution is 7.92. The number of nitrogens with zero attached hydrogens (tertiary/aromatic N) is 1. The summed E-state index contributed by atoms with van der Waals surface area (Å²) in [5, 5.41) is 9.27. The van der Waals surface area contributed by atoms with Gasteiger partial charge in [0.2, 0.25) is 6.79 Å². The van der Waals surface area contributed by atoms with Crippen molar-refractivity contribution in [1.82, 2.24) is 9.79 Å². The van der Waals surface area contributed by atoms with Crippen molar-refractivity contribution >= 4 is 24.1 Å². The van der Waals surface area contributed by atoms with E-state index in [2.05, 4.69) is 0 Å². The van der Waals surface area contributed by atoms with Crippen LogP contribution in [-0.4, -0.2) is 47.9 Å². The number of hydrogen-bond acceptors (Lipinski definition) is 11. The summed E-state index contributed by atoms with van der Waals surface area (Å²) in [4.78, 5) is 29.4. The van der Waals surface area contributed by atoms with E-state index in [9.17, 15) is 14.8 Å². The molecule has 2 aromatic carbocycles. The summed E-state index contributed by atoms with van der Waals surface area (Å²) in [6, 6.07) is 6.03. The van der Waals surface area contributed by atoms with Crippen LogP contribution in [0.3, 0.4) is 0 Å². The number of carbonyl (C=O) groups excluding carboxylic acids is 2. The lowest BCUT2D eigenvalue weighted by Crippen LogP contribution is -2.46. The van der Waals surface area contributed by atoms with Gasteiger partial charge in [0.05, 0.1) is 7.11 Å². The van der Waals surface area contributed by atoms with Crippen LogP contribution in [0.2, 0.25) is 0 Å². The first-order valence-corrected chi connectivity index (χ1v) is 11.3. The van der Waals surface area contributed by atoms with E-state index in [0.717, 1.165) is 40.2 Å². The van der Waals surface area contributed by atoms with Crippen LogP contribution in [0.1, 0.15) is 29.2 Å². The molecule has 0 spiro atoms. The Hall–Kier alpha value is -3.19. The molecule has 0 saturated heterocycles. The molecule has 1 atom stereocenters. The minimum absolute atomic E-state index is 0.121. The molecule has 0 unspecified atom stereocenters. The number of rotatable bonds is 11. The maximum Gasteiger partial charge on any atom is 0.302 e. The molecule has 1 aliphatic heterocycles. The van der Waals surface area contributed by atoms with Crippen molar-refractivity contribution in [2.24, 2.45) is 0 Å². The third-order valence-corrected chi connectivity index (χ3v) is 6.13. The summed E-state index contributed by atoms with van der Waals surface area (Å²) in [5.41, 5.74) is 4.86. The largest absolute Gasteiger partial charge is 0.496 e. The Morgan fingerprint density at radius 1 is 1.17 bits per heavy atom. The molecule has 35 heavy (non-hydrogen) atoms. The lowest BCUT2D eigenvalue weighted by Gasteiger charge is -2.27. The van der Waals surface area contributed by atoms with Gasteiger partial charge in [-0.25, -0.2) is 9.79 Å². The Morgan fingerprint density at radius 3 is 2.60 bits per heavy atom. The van der Waals surface area contributed by atoms with Gasteiger partial charge in [-0.3, -0.25) is 14.8 Å². The third kappa shape index (κ3) is 6.48. The molecule has 11 nitrogen and oxygen atoms in total. The van der Waals surface area contributed by atoms with E-state index in [1.54, 1.807) is 30.8 Å². The zero-order valence-electron chi connectivity index (χ0n) is 20.1. The number of hydroxylamine groups is 1. The number of aryl methyl sites for hydroxylation is 1. The zero-order chi connectivity index (χ0) is 25.5. The molecule has 2 aromatic rings. The summed E-state index contributed by atoms with van der Waals surface area (Å²) in [6.45, 7) is 6.79. The van der Waals surface area contributed by atoms with Crippen molar-refractivity contribution in [3.8, 4) is 23.0 Å². The van der Waals surface area contributed by atoms with Gasteiger partial charge >= 0.3 is 5.97 Å². The smallest absolute Gasteiger partial charge is 0.302 e. The van der Waals surface area contributed by atoms with Gasteiger partial charge in [-0.2, -0.15) is 0 Å². The SMILES string of the molecule is COc1cc(C)c(OOSN(Cc2ccc3c(c2)OCO3)[C@H](COC(C)=O)C(=O)NO)c(C)c1C. The Bertz CT molecular complexity index is 1080. The van der Waals surface area contributed by atoms with Gasteiger partial charge in [-0.05, 0) is 55.7 Å². The Labute approximate surface area is 207 Å². The fourth-order valence-corrected chi connectivity index (χ4v) is 4.06. The van der Waals surface area contributed by atoms with Gasteiger partial charge in [0.1, 0.15) is 30.6 Å². The lowest BCUT2D eigenvalue weighted by molar-refractivity contribution is -0.146. The number of benzene rings is 2. The maximum atomic E-state index is 12.4. The number of ether oxygens (including phenoxy) is 4. The number of hydrogen-bond donors (Lipinski definition) is 2. The molecule has 12 heteroatoms. The lowest BCUT2D eigenvalue weighted by atomic mass is 10.0. The van der Waals surface area contributed by atoms with E-state index in [4.69, 9.17) is 28.2 Å². The highest BCUT2D eigenvalue weighted by Gasteiger charge is 2.30. The molecular formula is C23H28N2O9S. The van der Waals surface area contributed by atoms with Crippen LogP contribution in [0.15, 0.2) is 24.3 Å². The Balaban J connectivity index is 1.81. The first kappa shape index (κ1) is 26.4. The molecule has 3 rings (SSSR count). The van der Waals surface area contributed by atoms with E-state index >= 15 is 0 Å². The van der Waals surface area contributed by atoms with E-state index in [1.165, 1.54) is 11.2 Å². The van der Waals surface area contributed by atoms with Crippen LogP contribution in [0.4, 0.5) is 0 Å². The summed E-state index contributed by atoms with van der Waals surface area (Å²) < 4.78 is 28.1. The number of esters is 1. The standard InChI is InChI=1S/C23H28N2O9S/c1-13-8-20(29-5)14(2)15(3)22(13)33-34-35-25(18(23(27)24-28)11-30-16(4)26)10-17-6-7-19-21(9-17)32-12-31-19/h6-9,18,28H,10-12H2,1-5H3,(H,24,27)/t18-/m1/s1. The molecule has 0 bridgehead atoms. The van der Waals surface area contributed by atoms with Gasteiger partial charge in [0.25, 0.3) is 5.91 Å².